The standard InChI is InChI=1S/C27H28N2O5S/c1-17(24-14-19-13-18(15-28)5-10-23(19)35-24)25(30)33-21-8-6-20(7-9-21)32-22-11-12-29(16-22)26(31)34-27(2,3)4/h5-10,13-14,17,22H,11-12,16H2,1-4H3/t17?,22-/m0/s1. The number of benzene rings is 2. The number of esters is 1. The second-order valence-corrected chi connectivity index (χ2v) is 10.7. The fourth-order valence-electron chi connectivity index (χ4n) is 3.76. The number of carbonyl (C=O) groups is 2. The van der Waals surface area contributed by atoms with Crippen molar-refractivity contribution in [3.05, 3.63) is 59.0 Å². The Balaban J connectivity index is 1.32. The number of likely N-dealkylation sites (tertiary alicyclic amines) is 1. The first-order valence-corrected chi connectivity index (χ1v) is 12.3. The van der Waals surface area contributed by atoms with Crippen LogP contribution in [0.15, 0.2) is 48.5 Å². The fraction of sp³-hybridized carbons (Fsp3) is 0.370. The molecule has 1 amide bonds. The summed E-state index contributed by atoms with van der Waals surface area (Å²) in [5.74, 6) is 0.288. The zero-order valence-corrected chi connectivity index (χ0v) is 21.1. The monoisotopic (exact) mass is 492 g/mol. The minimum Gasteiger partial charge on any atom is -0.489 e. The van der Waals surface area contributed by atoms with Gasteiger partial charge < -0.3 is 19.1 Å². The van der Waals surface area contributed by atoms with Crippen LogP contribution in [0.5, 0.6) is 11.5 Å². The molecule has 1 saturated heterocycles. The van der Waals surface area contributed by atoms with Crippen molar-refractivity contribution in [2.24, 2.45) is 0 Å². The number of hydrogen-bond acceptors (Lipinski definition) is 7. The van der Waals surface area contributed by atoms with Crippen LogP contribution in [0, 0.1) is 11.3 Å². The maximum atomic E-state index is 12.7. The average molecular weight is 493 g/mol. The third-order valence-corrected chi connectivity index (χ3v) is 6.89. The predicted molar refractivity (Wildman–Crippen MR) is 134 cm³/mol. The summed E-state index contributed by atoms with van der Waals surface area (Å²) in [6.07, 6.45) is 0.271. The molecule has 1 aromatic heterocycles. The molecular weight excluding hydrogens is 464 g/mol. The second kappa shape index (κ2) is 9.96. The molecular formula is C27H28N2O5S. The van der Waals surface area contributed by atoms with Gasteiger partial charge in [-0.1, -0.05) is 0 Å². The summed E-state index contributed by atoms with van der Waals surface area (Å²) in [6, 6.07) is 16.5. The zero-order chi connectivity index (χ0) is 25.2. The first-order chi connectivity index (χ1) is 16.6. The summed E-state index contributed by atoms with van der Waals surface area (Å²) < 4.78 is 18.0. The Hall–Kier alpha value is -3.57. The largest absolute Gasteiger partial charge is 0.489 e. The van der Waals surface area contributed by atoms with Gasteiger partial charge in [0.2, 0.25) is 0 Å². The van der Waals surface area contributed by atoms with E-state index in [1.54, 1.807) is 35.2 Å². The van der Waals surface area contributed by atoms with Crippen LogP contribution in [0.25, 0.3) is 10.1 Å². The molecule has 2 aromatic carbocycles. The molecule has 8 heteroatoms. The highest BCUT2D eigenvalue weighted by Crippen LogP contribution is 2.32. The highest BCUT2D eigenvalue weighted by atomic mass is 32.1. The molecule has 3 aromatic rings. The first-order valence-electron chi connectivity index (χ1n) is 11.5. The average Bonchev–Trinajstić information content (AvgIpc) is 3.45. The molecule has 0 saturated carbocycles. The Bertz CT molecular complexity index is 1270. The normalized spacial score (nSPS) is 16.5. The van der Waals surface area contributed by atoms with E-state index in [9.17, 15) is 9.59 Å². The molecule has 4 rings (SSSR count). The lowest BCUT2D eigenvalue weighted by Gasteiger charge is -2.24. The smallest absolute Gasteiger partial charge is 0.410 e. The third kappa shape index (κ3) is 6.11. The highest BCUT2D eigenvalue weighted by Gasteiger charge is 2.31. The molecule has 2 atom stereocenters. The number of thiophene rings is 1. The van der Waals surface area contributed by atoms with Gasteiger partial charge >= 0.3 is 12.1 Å². The van der Waals surface area contributed by atoms with Crippen LogP contribution in [-0.2, 0) is 9.53 Å². The van der Waals surface area contributed by atoms with Gasteiger partial charge in [0.1, 0.15) is 23.2 Å². The lowest BCUT2D eigenvalue weighted by atomic mass is 10.1. The van der Waals surface area contributed by atoms with Gasteiger partial charge in [-0.3, -0.25) is 4.79 Å². The number of amides is 1. The third-order valence-electron chi connectivity index (χ3n) is 5.59. The van der Waals surface area contributed by atoms with E-state index in [-0.39, 0.29) is 18.2 Å². The van der Waals surface area contributed by atoms with Crippen molar-refractivity contribution >= 4 is 33.5 Å². The lowest BCUT2D eigenvalue weighted by Crippen LogP contribution is -2.36. The van der Waals surface area contributed by atoms with Gasteiger partial charge in [0.05, 0.1) is 24.1 Å². The summed E-state index contributed by atoms with van der Waals surface area (Å²) in [5, 5.41) is 10.0. The fourth-order valence-corrected chi connectivity index (χ4v) is 4.85. The number of ether oxygens (including phenoxy) is 3. The maximum absolute atomic E-state index is 12.7. The SMILES string of the molecule is CC(C(=O)Oc1ccc(O[C@H]2CCN(C(=O)OC(C)(C)C)C2)cc1)c1cc2cc(C#N)ccc2s1. The van der Waals surface area contributed by atoms with Crippen LogP contribution in [0.1, 0.15) is 50.5 Å². The van der Waals surface area contributed by atoms with Gasteiger partial charge in [-0.25, -0.2) is 4.79 Å². The lowest BCUT2D eigenvalue weighted by molar-refractivity contribution is -0.135. The zero-order valence-electron chi connectivity index (χ0n) is 20.2. The van der Waals surface area contributed by atoms with E-state index in [0.717, 1.165) is 21.4 Å². The molecule has 2 heterocycles. The minimum atomic E-state index is -0.529. The van der Waals surface area contributed by atoms with Gasteiger partial charge in [-0.2, -0.15) is 5.26 Å². The van der Waals surface area contributed by atoms with E-state index >= 15 is 0 Å². The van der Waals surface area contributed by atoms with Crippen molar-refractivity contribution in [3.8, 4) is 17.6 Å². The number of hydrogen-bond donors (Lipinski definition) is 0. The van der Waals surface area contributed by atoms with Crippen LogP contribution >= 0.6 is 11.3 Å². The number of nitriles is 1. The Morgan fingerprint density at radius 3 is 2.51 bits per heavy atom. The second-order valence-electron chi connectivity index (χ2n) is 9.58. The molecule has 182 valence electrons. The summed E-state index contributed by atoms with van der Waals surface area (Å²) in [7, 11) is 0. The van der Waals surface area contributed by atoms with Gasteiger partial charge in [0.15, 0.2) is 0 Å². The van der Waals surface area contributed by atoms with Crippen LogP contribution in [0.2, 0.25) is 0 Å². The molecule has 1 aliphatic heterocycles. The summed E-state index contributed by atoms with van der Waals surface area (Å²) in [5.41, 5.74) is 0.0631. The molecule has 1 fully saturated rings. The molecule has 0 radical (unpaired) electrons. The summed E-state index contributed by atoms with van der Waals surface area (Å²) in [6.45, 7) is 8.40. The summed E-state index contributed by atoms with van der Waals surface area (Å²) >= 11 is 1.52. The van der Waals surface area contributed by atoms with Crippen molar-refractivity contribution in [1.29, 1.82) is 5.26 Å². The van der Waals surface area contributed by atoms with Crippen molar-refractivity contribution in [3.63, 3.8) is 0 Å². The Morgan fingerprint density at radius 2 is 1.83 bits per heavy atom. The topological polar surface area (TPSA) is 88.9 Å². The van der Waals surface area contributed by atoms with Gasteiger partial charge in [-0.15, -0.1) is 11.3 Å². The van der Waals surface area contributed by atoms with Crippen LogP contribution < -0.4 is 9.47 Å². The van der Waals surface area contributed by atoms with E-state index in [4.69, 9.17) is 19.5 Å². The number of nitrogens with zero attached hydrogens (tertiary/aromatic N) is 2. The van der Waals surface area contributed by atoms with E-state index < -0.39 is 11.5 Å². The van der Waals surface area contributed by atoms with Crippen molar-refractivity contribution in [2.45, 2.75) is 51.7 Å². The molecule has 0 spiro atoms. The van der Waals surface area contributed by atoms with Crippen LogP contribution in [0.3, 0.4) is 0 Å². The molecule has 0 aliphatic carbocycles. The highest BCUT2D eigenvalue weighted by molar-refractivity contribution is 7.19. The maximum Gasteiger partial charge on any atom is 0.410 e. The van der Waals surface area contributed by atoms with Crippen molar-refractivity contribution < 1.29 is 23.8 Å². The molecule has 35 heavy (non-hydrogen) atoms. The van der Waals surface area contributed by atoms with E-state index in [1.807, 2.05) is 45.9 Å². The first kappa shape index (κ1) is 24.6. The number of rotatable bonds is 5. The molecule has 1 aliphatic rings. The van der Waals surface area contributed by atoms with Crippen LogP contribution in [-0.4, -0.2) is 41.8 Å². The van der Waals surface area contributed by atoms with Crippen molar-refractivity contribution in [1.82, 2.24) is 4.90 Å². The Kier molecular flexibility index (Phi) is 6.99. The van der Waals surface area contributed by atoms with Gasteiger partial charge in [-0.05, 0) is 81.6 Å². The number of fused-ring (bicyclic) bond motifs is 1. The van der Waals surface area contributed by atoms with Crippen LogP contribution in [0.4, 0.5) is 4.79 Å². The Labute approximate surface area is 208 Å². The summed E-state index contributed by atoms with van der Waals surface area (Å²) in [4.78, 5) is 27.5. The van der Waals surface area contributed by atoms with E-state index in [0.29, 0.717) is 30.2 Å². The van der Waals surface area contributed by atoms with Crippen molar-refractivity contribution in [2.75, 3.05) is 13.1 Å². The van der Waals surface area contributed by atoms with E-state index in [2.05, 4.69) is 6.07 Å². The molecule has 1 unspecified atom stereocenters. The minimum absolute atomic E-state index is 0.120. The van der Waals surface area contributed by atoms with Gasteiger partial charge in [0, 0.05) is 22.5 Å². The molecule has 0 bridgehead atoms. The van der Waals surface area contributed by atoms with E-state index in [1.165, 1.54) is 11.3 Å². The quantitative estimate of drug-likeness (QED) is 0.327. The number of carbonyl (C=O) groups excluding carboxylic acids is 2. The molecule has 0 N–H and O–H groups in total. The molecule has 7 nitrogen and oxygen atoms in total. The Morgan fingerprint density at radius 1 is 1.11 bits per heavy atom. The van der Waals surface area contributed by atoms with Gasteiger partial charge in [0.25, 0.3) is 0 Å². The predicted octanol–water partition coefficient (Wildman–Crippen LogP) is 5.87.